The summed E-state index contributed by atoms with van der Waals surface area (Å²) in [5.74, 6) is 0.773. The monoisotopic (exact) mass is 446 g/mol. The van der Waals surface area contributed by atoms with Gasteiger partial charge in [0.1, 0.15) is 5.75 Å². The SMILES string of the molecule is Cc1cccc(CN2CCN(C(=O)c3ccn(COc4ccc(C(C)(C)C)cc4)n3)CC2)c1. The van der Waals surface area contributed by atoms with E-state index in [4.69, 9.17) is 4.74 Å². The van der Waals surface area contributed by atoms with E-state index in [1.165, 1.54) is 16.7 Å². The molecular formula is C27H34N4O2. The van der Waals surface area contributed by atoms with E-state index in [0.717, 1.165) is 25.4 Å². The van der Waals surface area contributed by atoms with Crippen LogP contribution in [0.3, 0.4) is 0 Å². The van der Waals surface area contributed by atoms with Gasteiger partial charge in [-0.1, -0.05) is 62.7 Å². The number of carbonyl (C=O) groups is 1. The van der Waals surface area contributed by atoms with Crippen LogP contribution >= 0.6 is 0 Å². The van der Waals surface area contributed by atoms with Crippen LogP contribution in [0.4, 0.5) is 0 Å². The highest BCUT2D eigenvalue weighted by Crippen LogP contribution is 2.24. The van der Waals surface area contributed by atoms with Crippen molar-refractivity contribution >= 4 is 5.91 Å². The highest BCUT2D eigenvalue weighted by molar-refractivity contribution is 5.92. The fourth-order valence-electron chi connectivity index (χ4n) is 4.08. The van der Waals surface area contributed by atoms with Crippen LogP contribution in [0.15, 0.2) is 60.8 Å². The number of aromatic nitrogens is 2. The molecule has 0 aliphatic carbocycles. The summed E-state index contributed by atoms with van der Waals surface area (Å²) in [6.07, 6.45) is 1.80. The first-order chi connectivity index (χ1) is 15.8. The fourth-order valence-corrected chi connectivity index (χ4v) is 4.08. The van der Waals surface area contributed by atoms with Gasteiger partial charge in [0.25, 0.3) is 5.91 Å². The van der Waals surface area contributed by atoms with E-state index >= 15 is 0 Å². The molecule has 1 aliphatic rings. The van der Waals surface area contributed by atoms with E-state index < -0.39 is 0 Å². The average molecular weight is 447 g/mol. The minimum absolute atomic E-state index is 0.0153. The quantitative estimate of drug-likeness (QED) is 0.560. The molecule has 1 saturated heterocycles. The molecule has 2 aromatic carbocycles. The molecule has 0 unspecified atom stereocenters. The number of rotatable bonds is 6. The lowest BCUT2D eigenvalue weighted by Crippen LogP contribution is -2.48. The maximum absolute atomic E-state index is 12.9. The molecule has 0 saturated carbocycles. The third kappa shape index (κ3) is 6.02. The molecule has 0 radical (unpaired) electrons. The molecule has 1 aromatic heterocycles. The first-order valence-electron chi connectivity index (χ1n) is 11.6. The second kappa shape index (κ2) is 9.79. The highest BCUT2D eigenvalue weighted by Gasteiger charge is 2.23. The van der Waals surface area contributed by atoms with E-state index in [1.54, 1.807) is 16.9 Å². The lowest BCUT2D eigenvalue weighted by Gasteiger charge is -2.34. The van der Waals surface area contributed by atoms with Crippen molar-refractivity contribution in [3.8, 4) is 5.75 Å². The topological polar surface area (TPSA) is 50.6 Å². The van der Waals surface area contributed by atoms with Crippen molar-refractivity contribution in [3.63, 3.8) is 0 Å². The molecule has 174 valence electrons. The summed E-state index contributed by atoms with van der Waals surface area (Å²) in [7, 11) is 0. The number of carbonyl (C=O) groups excluding carboxylic acids is 1. The summed E-state index contributed by atoms with van der Waals surface area (Å²) in [6, 6.07) is 18.5. The normalized spacial score (nSPS) is 15.0. The van der Waals surface area contributed by atoms with Crippen molar-refractivity contribution in [1.82, 2.24) is 19.6 Å². The number of hydrogen-bond donors (Lipinski definition) is 0. The summed E-state index contributed by atoms with van der Waals surface area (Å²) in [5, 5.41) is 4.44. The molecule has 0 bridgehead atoms. The van der Waals surface area contributed by atoms with E-state index in [0.29, 0.717) is 18.8 Å². The van der Waals surface area contributed by atoms with Crippen LogP contribution in [-0.2, 0) is 18.7 Å². The van der Waals surface area contributed by atoms with Gasteiger partial charge in [-0.2, -0.15) is 5.10 Å². The molecule has 4 rings (SSSR count). The Morgan fingerprint density at radius 2 is 1.73 bits per heavy atom. The van der Waals surface area contributed by atoms with Crippen molar-refractivity contribution in [2.24, 2.45) is 0 Å². The standard InChI is InChI=1S/C27H34N4O2/c1-21-6-5-7-22(18-21)19-29-14-16-30(17-15-29)26(32)25-12-13-31(28-25)20-33-24-10-8-23(9-11-24)27(2,3)4/h5-13,18H,14-17,19-20H2,1-4H3. The molecule has 0 N–H and O–H groups in total. The summed E-state index contributed by atoms with van der Waals surface area (Å²) in [6.45, 7) is 13.1. The van der Waals surface area contributed by atoms with Crippen molar-refractivity contribution in [2.45, 2.75) is 46.4 Å². The van der Waals surface area contributed by atoms with Gasteiger partial charge < -0.3 is 9.64 Å². The zero-order valence-corrected chi connectivity index (χ0v) is 20.1. The third-order valence-corrected chi connectivity index (χ3v) is 6.09. The molecule has 6 heteroatoms. The van der Waals surface area contributed by atoms with Crippen LogP contribution in [0.1, 0.15) is 48.0 Å². The Hall–Kier alpha value is -3.12. The zero-order chi connectivity index (χ0) is 23.4. The largest absolute Gasteiger partial charge is 0.471 e. The van der Waals surface area contributed by atoms with Crippen molar-refractivity contribution in [2.75, 3.05) is 26.2 Å². The van der Waals surface area contributed by atoms with E-state index in [1.807, 2.05) is 17.0 Å². The van der Waals surface area contributed by atoms with Crippen LogP contribution in [-0.4, -0.2) is 51.7 Å². The molecule has 33 heavy (non-hydrogen) atoms. The Morgan fingerprint density at radius 1 is 1.00 bits per heavy atom. The van der Waals surface area contributed by atoms with Gasteiger partial charge in [-0.3, -0.25) is 9.69 Å². The number of nitrogens with zero attached hydrogens (tertiary/aromatic N) is 4. The minimum Gasteiger partial charge on any atom is -0.471 e. The first kappa shape index (κ1) is 23.1. The minimum atomic E-state index is -0.0153. The number of amides is 1. The molecule has 1 amide bonds. The Morgan fingerprint density at radius 3 is 2.39 bits per heavy atom. The number of aryl methyl sites for hydroxylation is 1. The van der Waals surface area contributed by atoms with Gasteiger partial charge in [-0.25, -0.2) is 4.68 Å². The first-order valence-corrected chi connectivity index (χ1v) is 11.6. The lowest BCUT2D eigenvalue weighted by atomic mass is 9.87. The van der Waals surface area contributed by atoms with Crippen molar-refractivity contribution in [3.05, 3.63) is 83.2 Å². The maximum Gasteiger partial charge on any atom is 0.274 e. The van der Waals surface area contributed by atoms with Crippen LogP contribution in [0.5, 0.6) is 5.75 Å². The van der Waals surface area contributed by atoms with Gasteiger partial charge in [-0.05, 0) is 41.7 Å². The van der Waals surface area contributed by atoms with E-state index in [-0.39, 0.29) is 18.1 Å². The second-order valence-electron chi connectivity index (χ2n) is 9.85. The van der Waals surface area contributed by atoms with Crippen LogP contribution in [0, 0.1) is 6.92 Å². The molecule has 1 fully saturated rings. The number of piperazine rings is 1. The fraction of sp³-hybridized carbons (Fsp3) is 0.407. The van der Waals surface area contributed by atoms with Gasteiger partial charge >= 0.3 is 0 Å². The smallest absolute Gasteiger partial charge is 0.274 e. The molecular weight excluding hydrogens is 412 g/mol. The summed E-state index contributed by atoms with van der Waals surface area (Å²) >= 11 is 0. The molecule has 6 nitrogen and oxygen atoms in total. The highest BCUT2D eigenvalue weighted by atomic mass is 16.5. The molecule has 2 heterocycles. The summed E-state index contributed by atoms with van der Waals surface area (Å²) < 4.78 is 7.51. The third-order valence-electron chi connectivity index (χ3n) is 6.09. The van der Waals surface area contributed by atoms with Crippen molar-refractivity contribution in [1.29, 1.82) is 0 Å². The van der Waals surface area contributed by atoms with Crippen LogP contribution < -0.4 is 4.74 Å². The number of benzene rings is 2. The van der Waals surface area contributed by atoms with Crippen LogP contribution in [0.25, 0.3) is 0 Å². The Balaban J connectivity index is 1.26. The molecule has 3 aromatic rings. The molecule has 1 aliphatic heterocycles. The predicted octanol–water partition coefficient (Wildman–Crippen LogP) is 4.48. The van der Waals surface area contributed by atoms with Crippen LogP contribution in [0.2, 0.25) is 0 Å². The van der Waals surface area contributed by atoms with E-state index in [2.05, 4.69) is 74.1 Å². The van der Waals surface area contributed by atoms with Gasteiger partial charge in [0, 0.05) is 38.9 Å². The maximum atomic E-state index is 12.9. The zero-order valence-electron chi connectivity index (χ0n) is 20.1. The van der Waals surface area contributed by atoms with Gasteiger partial charge in [-0.15, -0.1) is 0 Å². The number of ether oxygens (including phenoxy) is 1. The summed E-state index contributed by atoms with van der Waals surface area (Å²) in [4.78, 5) is 17.2. The predicted molar refractivity (Wildman–Crippen MR) is 130 cm³/mol. The lowest BCUT2D eigenvalue weighted by molar-refractivity contribution is 0.0621. The number of hydrogen-bond acceptors (Lipinski definition) is 4. The molecule has 0 atom stereocenters. The summed E-state index contributed by atoms with van der Waals surface area (Å²) in [5.41, 5.74) is 4.45. The average Bonchev–Trinajstić information content (AvgIpc) is 3.27. The Bertz CT molecular complexity index is 1070. The second-order valence-corrected chi connectivity index (χ2v) is 9.85. The van der Waals surface area contributed by atoms with E-state index in [9.17, 15) is 4.79 Å². The van der Waals surface area contributed by atoms with Gasteiger partial charge in [0.05, 0.1) is 0 Å². The van der Waals surface area contributed by atoms with Gasteiger partial charge in [0.2, 0.25) is 0 Å². The Kier molecular flexibility index (Phi) is 6.84. The van der Waals surface area contributed by atoms with Crippen molar-refractivity contribution < 1.29 is 9.53 Å². The van der Waals surface area contributed by atoms with Gasteiger partial charge in [0.15, 0.2) is 12.4 Å². The molecule has 0 spiro atoms. The Labute approximate surface area is 196 Å².